The summed E-state index contributed by atoms with van der Waals surface area (Å²) in [6, 6.07) is 19.9. The molecule has 212 valence electrons. The molecular weight excluding hydrogens is 546 g/mol. The van der Waals surface area contributed by atoms with E-state index in [2.05, 4.69) is 5.32 Å². The highest BCUT2D eigenvalue weighted by atomic mass is 35.5. The fourth-order valence-corrected chi connectivity index (χ4v) is 6.51. The zero-order valence-electron chi connectivity index (χ0n) is 23.1. The fourth-order valence-electron chi connectivity index (χ4n) is 4.88. The Morgan fingerprint density at radius 3 is 2.15 bits per heavy atom. The third-order valence-electron chi connectivity index (χ3n) is 7.32. The first-order valence-electron chi connectivity index (χ1n) is 13.5. The summed E-state index contributed by atoms with van der Waals surface area (Å²) in [4.78, 5) is 28.8. The van der Waals surface area contributed by atoms with E-state index in [4.69, 9.17) is 11.6 Å². The quantitative estimate of drug-likeness (QED) is 0.336. The van der Waals surface area contributed by atoms with Crippen molar-refractivity contribution in [1.29, 1.82) is 0 Å². The summed E-state index contributed by atoms with van der Waals surface area (Å²) in [7, 11) is -4.09. The second kappa shape index (κ2) is 12.9. The smallest absolute Gasteiger partial charge is 0.264 e. The number of sulfonamides is 1. The van der Waals surface area contributed by atoms with Crippen LogP contribution in [-0.2, 0) is 26.2 Å². The van der Waals surface area contributed by atoms with Gasteiger partial charge in [-0.15, -0.1) is 0 Å². The summed E-state index contributed by atoms with van der Waals surface area (Å²) >= 11 is 6.21. The molecule has 0 spiro atoms. The van der Waals surface area contributed by atoms with Gasteiger partial charge in [-0.3, -0.25) is 13.9 Å². The lowest BCUT2D eigenvalue weighted by Crippen LogP contribution is -2.52. The van der Waals surface area contributed by atoms with Gasteiger partial charge in [-0.25, -0.2) is 8.42 Å². The number of carbonyl (C=O) groups is 2. The first-order chi connectivity index (χ1) is 19.0. The molecule has 1 atom stereocenters. The molecule has 0 unspecified atom stereocenters. The normalized spacial score (nSPS) is 14.5. The summed E-state index contributed by atoms with van der Waals surface area (Å²) in [6.45, 7) is 5.10. The number of amides is 2. The molecule has 3 aromatic rings. The molecule has 1 aliphatic carbocycles. The van der Waals surface area contributed by atoms with Gasteiger partial charge < -0.3 is 10.2 Å². The monoisotopic (exact) mass is 581 g/mol. The lowest BCUT2D eigenvalue weighted by molar-refractivity contribution is -0.139. The van der Waals surface area contributed by atoms with Gasteiger partial charge in [0.05, 0.1) is 10.6 Å². The molecule has 1 aliphatic rings. The molecule has 0 bridgehead atoms. The van der Waals surface area contributed by atoms with Crippen LogP contribution in [0.3, 0.4) is 0 Å². The second-order valence-corrected chi connectivity index (χ2v) is 12.8. The van der Waals surface area contributed by atoms with Crippen LogP contribution in [0.4, 0.5) is 5.69 Å². The molecule has 40 heavy (non-hydrogen) atoms. The Labute approximate surface area is 242 Å². The summed E-state index contributed by atoms with van der Waals surface area (Å²) in [5.41, 5.74) is 2.99. The highest BCUT2D eigenvalue weighted by molar-refractivity contribution is 7.92. The number of benzene rings is 3. The zero-order valence-corrected chi connectivity index (χ0v) is 24.7. The summed E-state index contributed by atoms with van der Waals surface area (Å²) < 4.78 is 28.9. The Morgan fingerprint density at radius 1 is 0.950 bits per heavy atom. The van der Waals surface area contributed by atoms with Crippen LogP contribution < -0.4 is 9.62 Å². The van der Waals surface area contributed by atoms with Crippen molar-refractivity contribution < 1.29 is 18.0 Å². The van der Waals surface area contributed by atoms with Gasteiger partial charge in [0.15, 0.2) is 0 Å². The Morgan fingerprint density at radius 2 is 1.55 bits per heavy atom. The number of nitrogens with zero attached hydrogens (tertiary/aromatic N) is 2. The number of nitrogens with one attached hydrogen (secondary N) is 1. The van der Waals surface area contributed by atoms with Gasteiger partial charge >= 0.3 is 0 Å². The van der Waals surface area contributed by atoms with E-state index in [0.29, 0.717) is 10.7 Å². The van der Waals surface area contributed by atoms with E-state index < -0.39 is 28.5 Å². The SMILES string of the molecule is Cc1ccc(N(CC(=O)N(Cc2cccc(Cl)c2)[C@@H](C)C(=O)NC2CCCC2)S(=O)(=O)c2ccc(C)cc2)cc1. The summed E-state index contributed by atoms with van der Waals surface area (Å²) in [5.74, 6) is -0.754. The van der Waals surface area contributed by atoms with Crippen LogP contribution in [0, 0.1) is 13.8 Å². The van der Waals surface area contributed by atoms with E-state index in [-0.39, 0.29) is 23.4 Å². The molecule has 0 aliphatic heterocycles. The molecule has 7 nitrogen and oxygen atoms in total. The van der Waals surface area contributed by atoms with Gasteiger partial charge in [0.1, 0.15) is 12.6 Å². The molecule has 1 N–H and O–H groups in total. The highest BCUT2D eigenvalue weighted by Gasteiger charge is 2.33. The maximum atomic E-state index is 14.0. The third-order valence-corrected chi connectivity index (χ3v) is 9.34. The van der Waals surface area contributed by atoms with E-state index in [0.717, 1.165) is 46.7 Å². The second-order valence-electron chi connectivity index (χ2n) is 10.5. The van der Waals surface area contributed by atoms with Crippen molar-refractivity contribution in [2.24, 2.45) is 0 Å². The van der Waals surface area contributed by atoms with Crippen LogP contribution in [-0.4, -0.2) is 43.8 Å². The Bertz CT molecular complexity index is 1440. The average Bonchev–Trinajstić information content (AvgIpc) is 3.44. The maximum Gasteiger partial charge on any atom is 0.264 e. The largest absolute Gasteiger partial charge is 0.352 e. The van der Waals surface area contributed by atoms with Crippen LogP contribution in [0.25, 0.3) is 0 Å². The van der Waals surface area contributed by atoms with Crippen molar-refractivity contribution in [2.45, 2.75) is 70.0 Å². The standard InChI is InChI=1S/C31H36ClN3O4S/c1-22-11-15-28(16-12-22)35(40(38,39)29-17-13-23(2)14-18-29)21-30(36)34(20-25-7-6-8-26(32)19-25)24(3)31(37)33-27-9-4-5-10-27/h6-8,11-19,24,27H,4-5,9-10,20-21H2,1-3H3,(H,33,37)/t24-/m0/s1. The predicted octanol–water partition coefficient (Wildman–Crippen LogP) is 5.63. The third kappa shape index (κ3) is 7.23. The van der Waals surface area contributed by atoms with E-state index >= 15 is 0 Å². The van der Waals surface area contributed by atoms with Gasteiger partial charge in [0.25, 0.3) is 10.0 Å². The Hall–Kier alpha value is -3.36. The van der Waals surface area contributed by atoms with Crippen molar-refractivity contribution in [3.05, 3.63) is 94.5 Å². The average molecular weight is 582 g/mol. The number of anilines is 1. The number of carbonyl (C=O) groups excluding carboxylic acids is 2. The van der Waals surface area contributed by atoms with Crippen molar-refractivity contribution in [1.82, 2.24) is 10.2 Å². The molecule has 1 fully saturated rings. The van der Waals surface area contributed by atoms with Gasteiger partial charge in [0.2, 0.25) is 11.8 Å². The molecule has 4 rings (SSSR count). The molecular formula is C31H36ClN3O4S. The zero-order chi connectivity index (χ0) is 28.9. The van der Waals surface area contributed by atoms with E-state index in [1.165, 1.54) is 17.0 Å². The van der Waals surface area contributed by atoms with E-state index in [1.54, 1.807) is 61.5 Å². The number of rotatable bonds is 10. The maximum absolute atomic E-state index is 14.0. The van der Waals surface area contributed by atoms with Crippen molar-refractivity contribution in [3.8, 4) is 0 Å². The van der Waals surface area contributed by atoms with Crippen molar-refractivity contribution in [3.63, 3.8) is 0 Å². The van der Waals surface area contributed by atoms with Gasteiger partial charge in [-0.1, -0.05) is 72.0 Å². The number of hydrogen-bond acceptors (Lipinski definition) is 4. The van der Waals surface area contributed by atoms with Crippen molar-refractivity contribution in [2.75, 3.05) is 10.8 Å². The molecule has 9 heteroatoms. The van der Waals surface area contributed by atoms with Gasteiger partial charge in [0, 0.05) is 17.6 Å². The minimum Gasteiger partial charge on any atom is -0.352 e. The Balaban J connectivity index is 1.68. The number of halogens is 1. The highest BCUT2D eigenvalue weighted by Crippen LogP contribution is 2.26. The minimum absolute atomic E-state index is 0.0832. The Kier molecular flexibility index (Phi) is 9.53. The van der Waals surface area contributed by atoms with E-state index in [9.17, 15) is 18.0 Å². The molecule has 1 saturated carbocycles. The molecule has 3 aromatic carbocycles. The molecule has 2 amide bonds. The first-order valence-corrected chi connectivity index (χ1v) is 15.4. The summed E-state index contributed by atoms with van der Waals surface area (Å²) in [5, 5.41) is 3.58. The molecule has 0 saturated heterocycles. The number of hydrogen-bond donors (Lipinski definition) is 1. The fraction of sp³-hybridized carbons (Fsp3) is 0.355. The topological polar surface area (TPSA) is 86.8 Å². The first kappa shape index (κ1) is 29.6. The lowest BCUT2D eigenvalue weighted by Gasteiger charge is -2.32. The van der Waals surface area contributed by atoms with Crippen LogP contribution in [0.2, 0.25) is 5.02 Å². The van der Waals surface area contributed by atoms with Crippen molar-refractivity contribution >= 4 is 39.1 Å². The van der Waals surface area contributed by atoms with Crippen LogP contribution in [0.1, 0.15) is 49.3 Å². The van der Waals surface area contributed by atoms with E-state index in [1.807, 2.05) is 19.9 Å². The minimum atomic E-state index is -4.09. The van der Waals surface area contributed by atoms with Gasteiger partial charge in [-0.2, -0.15) is 0 Å². The molecule has 0 radical (unpaired) electrons. The van der Waals surface area contributed by atoms with Crippen LogP contribution in [0.5, 0.6) is 0 Å². The van der Waals surface area contributed by atoms with Crippen LogP contribution >= 0.6 is 11.6 Å². The van der Waals surface area contributed by atoms with Gasteiger partial charge in [-0.05, 0) is 75.6 Å². The number of aryl methyl sites for hydroxylation is 2. The lowest BCUT2D eigenvalue weighted by atomic mass is 10.1. The molecule has 0 heterocycles. The summed E-state index contributed by atoms with van der Waals surface area (Å²) in [6.07, 6.45) is 3.95. The molecule has 0 aromatic heterocycles. The van der Waals surface area contributed by atoms with Crippen LogP contribution in [0.15, 0.2) is 77.7 Å². The predicted molar refractivity (Wildman–Crippen MR) is 159 cm³/mol.